The van der Waals surface area contributed by atoms with Crippen LogP contribution in [0.1, 0.15) is 19.4 Å². The van der Waals surface area contributed by atoms with E-state index in [9.17, 15) is 4.79 Å². The molecule has 1 aromatic carbocycles. The molecule has 20 heavy (non-hydrogen) atoms. The maximum Gasteiger partial charge on any atom is 0.234 e. The Morgan fingerprint density at radius 1 is 1.40 bits per heavy atom. The van der Waals surface area contributed by atoms with Gasteiger partial charge in [0.05, 0.1) is 18.8 Å². The number of halogens is 1. The zero-order valence-electron chi connectivity index (χ0n) is 11.9. The third-order valence-electron chi connectivity index (χ3n) is 3.24. The van der Waals surface area contributed by atoms with E-state index in [1.54, 1.807) is 0 Å². The molecule has 2 rings (SSSR count). The summed E-state index contributed by atoms with van der Waals surface area (Å²) in [6, 6.07) is 7.52. The van der Waals surface area contributed by atoms with Crippen LogP contribution in [0.3, 0.4) is 0 Å². The number of carbonyl (C=O) groups is 1. The van der Waals surface area contributed by atoms with Gasteiger partial charge in [0.2, 0.25) is 5.91 Å². The van der Waals surface area contributed by atoms with Gasteiger partial charge >= 0.3 is 0 Å². The lowest BCUT2D eigenvalue weighted by Crippen LogP contribution is -2.49. The quantitative estimate of drug-likeness (QED) is 0.925. The Bertz CT molecular complexity index is 457. The summed E-state index contributed by atoms with van der Waals surface area (Å²) in [5.74, 6) is 0.0336. The van der Waals surface area contributed by atoms with Crippen molar-refractivity contribution in [1.29, 1.82) is 0 Å². The Labute approximate surface area is 125 Å². The van der Waals surface area contributed by atoms with Gasteiger partial charge in [0.25, 0.3) is 0 Å². The molecule has 110 valence electrons. The summed E-state index contributed by atoms with van der Waals surface area (Å²) < 4.78 is 5.65. The number of hydrogen-bond donors (Lipinski definition) is 1. The first-order valence-corrected chi connectivity index (χ1v) is 7.29. The first-order chi connectivity index (χ1) is 9.52. The fourth-order valence-electron chi connectivity index (χ4n) is 2.52. The maximum atomic E-state index is 12.0. The van der Waals surface area contributed by atoms with Gasteiger partial charge in [-0.15, -0.1) is 0 Å². The molecule has 1 amide bonds. The van der Waals surface area contributed by atoms with Crippen molar-refractivity contribution < 1.29 is 9.53 Å². The molecule has 4 nitrogen and oxygen atoms in total. The van der Waals surface area contributed by atoms with Crippen LogP contribution in [-0.2, 0) is 16.1 Å². The third kappa shape index (κ3) is 4.78. The zero-order valence-corrected chi connectivity index (χ0v) is 12.7. The highest BCUT2D eigenvalue weighted by molar-refractivity contribution is 6.30. The predicted molar refractivity (Wildman–Crippen MR) is 79.7 cm³/mol. The molecule has 0 unspecified atom stereocenters. The van der Waals surface area contributed by atoms with Gasteiger partial charge in [0.15, 0.2) is 0 Å². The van der Waals surface area contributed by atoms with Crippen LogP contribution in [0.4, 0.5) is 0 Å². The van der Waals surface area contributed by atoms with Crippen LogP contribution in [0.5, 0.6) is 0 Å². The summed E-state index contributed by atoms with van der Waals surface area (Å²) in [4.78, 5) is 14.1. The number of nitrogens with one attached hydrogen (secondary N) is 1. The van der Waals surface area contributed by atoms with Crippen molar-refractivity contribution >= 4 is 17.5 Å². The van der Waals surface area contributed by atoms with Crippen molar-refractivity contribution in [3.63, 3.8) is 0 Å². The SMILES string of the molecule is C[C@@H]1CN(CC(=O)NCc2cccc(Cl)c2)C[C@@H](C)O1. The van der Waals surface area contributed by atoms with Crippen molar-refractivity contribution in [1.82, 2.24) is 10.2 Å². The normalized spacial score (nSPS) is 23.6. The number of ether oxygens (including phenoxy) is 1. The van der Waals surface area contributed by atoms with Gasteiger partial charge in [-0.05, 0) is 31.5 Å². The highest BCUT2D eigenvalue weighted by Gasteiger charge is 2.23. The van der Waals surface area contributed by atoms with E-state index in [0.29, 0.717) is 18.1 Å². The van der Waals surface area contributed by atoms with E-state index in [0.717, 1.165) is 18.7 Å². The smallest absolute Gasteiger partial charge is 0.234 e. The third-order valence-corrected chi connectivity index (χ3v) is 3.48. The van der Waals surface area contributed by atoms with E-state index in [2.05, 4.69) is 10.2 Å². The highest BCUT2D eigenvalue weighted by Crippen LogP contribution is 2.11. The molecular weight excluding hydrogens is 276 g/mol. The first-order valence-electron chi connectivity index (χ1n) is 6.92. The average Bonchev–Trinajstić information content (AvgIpc) is 2.35. The summed E-state index contributed by atoms with van der Waals surface area (Å²) >= 11 is 5.91. The fraction of sp³-hybridized carbons (Fsp3) is 0.533. The van der Waals surface area contributed by atoms with Gasteiger partial charge in [0, 0.05) is 24.7 Å². The minimum Gasteiger partial charge on any atom is -0.373 e. The van der Waals surface area contributed by atoms with Crippen molar-refractivity contribution in [2.75, 3.05) is 19.6 Å². The molecule has 1 fully saturated rings. The van der Waals surface area contributed by atoms with Crippen molar-refractivity contribution in [2.45, 2.75) is 32.6 Å². The molecule has 1 N–H and O–H groups in total. The summed E-state index contributed by atoms with van der Waals surface area (Å²) in [5.41, 5.74) is 1.01. The molecule has 1 aliphatic rings. The standard InChI is InChI=1S/C15H21ClN2O2/c1-11-8-18(9-12(2)20-11)10-15(19)17-7-13-4-3-5-14(16)6-13/h3-6,11-12H,7-10H2,1-2H3,(H,17,19)/t11-,12-/m1/s1. The highest BCUT2D eigenvalue weighted by atomic mass is 35.5. The van der Waals surface area contributed by atoms with Crippen LogP contribution in [-0.4, -0.2) is 42.6 Å². The summed E-state index contributed by atoms with van der Waals surface area (Å²) in [6.07, 6.45) is 0.360. The van der Waals surface area contributed by atoms with Crippen molar-refractivity contribution in [3.8, 4) is 0 Å². The van der Waals surface area contributed by atoms with Crippen LogP contribution in [0, 0.1) is 0 Å². The Balaban J connectivity index is 1.78. The largest absolute Gasteiger partial charge is 0.373 e. The molecule has 0 radical (unpaired) electrons. The maximum absolute atomic E-state index is 12.0. The lowest BCUT2D eigenvalue weighted by Gasteiger charge is -2.34. The van der Waals surface area contributed by atoms with Gasteiger partial charge in [-0.1, -0.05) is 23.7 Å². The topological polar surface area (TPSA) is 41.6 Å². The first kappa shape index (κ1) is 15.3. The van der Waals surface area contributed by atoms with Crippen LogP contribution in [0.15, 0.2) is 24.3 Å². The number of amides is 1. The summed E-state index contributed by atoms with van der Waals surface area (Å²) in [6.45, 7) is 6.59. The summed E-state index contributed by atoms with van der Waals surface area (Å²) in [5, 5.41) is 3.61. The lowest BCUT2D eigenvalue weighted by molar-refractivity contribution is -0.126. The Morgan fingerprint density at radius 2 is 2.10 bits per heavy atom. The molecule has 0 aliphatic carbocycles. The van der Waals surface area contributed by atoms with Crippen molar-refractivity contribution in [2.24, 2.45) is 0 Å². The van der Waals surface area contributed by atoms with Crippen LogP contribution in [0.25, 0.3) is 0 Å². The second-order valence-corrected chi connectivity index (χ2v) is 5.79. The van der Waals surface area contributed by atoms with Crippen LogP contribution >= 0.6 is 11.6 Å². The summed E-state index contributed by atoms with van der Waals surface area (Å²) in [7, 11) is 0. The number of morpholine rings is 1. The molecule has 0 aromatic heterocycles. The Hall–Kier alpha value is -1.10. The number of hydrogen-bond acceptors (Lipinski definition) is 3. The molecule has 5 heteroatoms. The molecule has 1 aromatic rings. The van der Waals surface area contributed by atoms with E-state index >= 15 is 0 Å². The Kier molecular flexibility index (Phi) is 5.40. The van der Waals surface area contributed by atoms with E-state index in [1.807, 2.05) is 38.1 Å². The molecule has 1 saturated heterocycles. The number of nitrogens with zero attached hydrogens (tertiary/aromatic N) is 1. The minimum absolute atomic E-state index is 0.0336. The molecule has 1 heterocycles. The van der Waals surface area contributed by atoms with E-state index in [4.69, 9.17) is 16.3 Å². The molecule has 0 bridgehead atoms. The van der Waals surface area contributed by atoms with Crippen LogP contribution in [0.2, 0.25) is 5.02 Å². The lowest BCUT2D eigenvalue weighted by atomic mass is 10.2. The van der Waals surface area contributed by atoms with Gasteiger partial charge in [-0.3, -0.25) is 9.69 Å². The van der Waals surface area contributed by atoms with E-state index < -0.39 is 0 Å². The molecule has 0 spiro atoms. The van der Waals surface area contributed by atoms with Gasteiger partial charge in [-0.25, -0.2) is 0 Å². The number of benzene rings is 1. The number of rotatable bonds is 4. The average molecular weight is 297 g/mol. The van der Waals surface area contributed by atoms with E-state index in [-0.39, 0.29) is 18.1 Å². The van der Waals surface area contributed by atoms with Gasteiger partial charge in [-0.2, -0.15) is 0 Å². The zero-order chi connectivity index (χ0) is 14.5. The Morgan fingerprint density at radius 3 is 2.75 bits per heavy atom. The second-order valence-electron chi connectivity index (χ2n) is 5.36. The van der Waals surface area contributed by atoms with Gasteiger partial charge in [0.1, 0.15) is 0 Å². The minimum atomic E-state index is 0.0336. The molecular formula is C15H21ClN2O2. The fourth-order valence-corrected chi connectivity index (χ4v) is 2.73. The molecule has 0 saturated carbocycles. The van der Waals surface area contributed by atoms with E-state index in [1.165, 1.54) is 0 Å². The van der Waals surface area contributed by atoms with Crippen LogP contribution < -0.4 is 5.32 Å². The monoisotopic (exact) mass is 296 g/mol. The molecule has 2 atom stereocenters. The number of carbonyl (C=O) groups excluding carboxylic acids is 1. The predicted octanol–water partition coefficient (Wildman–Crippen LogP) is 2.07. The molecule has 1 aliphatic heterocycles. The van der Waals surface area contributed by atoms with Gasteiger partial charge < -0.3 is 10.1 Å². The van der Waals surface area contributed by atoms with Crippen molar-refractivity contribution in [3.05, 3.63) is 34.9 Å². The second kappa shape index (κ2) is 7.07.